The van der Waals surface area contributed by atoms with Gasteiger partial charge in [-0.15, -0.1) is 0 Å². The van der Waals surface area contributed by atoms with E-state index in [1.54, 1.807) is 39.0 Å². The second-order valence-corrected chi connectivity index (χ2v) is 5.99. The van der Waals surface area contributed by atoms with Crippen molar-refractivity contribution in [3.8, 4) is 11.5 Å². The molecule has 24 heavy (non-hydrogen) atoms. The molecule has 0 saturated carbocycles. The predicted octanol–water partition coefficient (Wildman–Crippen LogP) is 4.17. The lowest BCUT2D eigenvalue weighted by Crippen LogP contribution is -2.15. The Morgan fingerprint density at radius 1 is 1.12 bits per heavy atom. The maximum atomic E-state index is 12.5. The van der Waals surface area contributed by atoms with Gasteiger partial charge in [0.2, 0.25) is 5.78 Å². The van der Waals surface area contributed by atoms with Gasteiger partial charge in [-0.3, -0.25) is 9.59 Å². The molecule has 3 rings (SSSR count). The largest absolute Gasteiger partial charge is 0.452 e. The summed E-state index contributed by atoms with van der Waals surface area (Å²) in [6.07, 6.45) is 1.71. The fraction of sp³-hybridized carbons (Fsp3) is 0.200. The number of fused-ring (bicyclic) bond motifs is 1. The third kappa shape index (κ3) is 2.95. The van der Waals surface area contributed by atoms with Crippen molar-refractivity contribution < 1.29 is 19.1 Å². The number of allylic oxidation sites excluding steroid dienone is 1. The normalized spacial score (nSPS) is 14.7. The van der Waals surface area contributed by atoms with Crippen molar-refractivity contribution in [3.63, 3.8) is 0 Å². The van der Waals surface area contributed by atoms with Gasteiger partial charge in [-0.05, 0) is 30.7 Å². The fourth-order valence-corrected chi connectivity index (χ4v) is 2.41. The minimum atomic E-state index is -0.317. The summed E-state index contributed by atoms with van der Waals surface area (Å²) in [5, 5.41) is 0. The van der Waals surface area contributed by atoms with E-state index in [1.165, 1.54) is 0 Å². The Morgan fingerprint density at radius 3 is 2.50 bits per heavy atom. The van der Waals surface area contributed by atoms with Crippen molar-refractivity contribution in [2.24, 2.45) is 5.92 Å². The average Bonchev–Trinajstić information content (AvgIpc) is 2.88. The summed E-state index contributed by atoms with van der Waals surface area (Å²) in [5.74, 6) is 0.430. The number of ether oxygens (including phenoxy) is 2. The minimum absolute atomic E-state index is 0.168. The van der Waals surface area contributed by atoms with Crippen LogP contribution in [0.2, 0.25) is 0 Å². The van der Waals surface area contributed by atoms with Crippen LogP contribution in [0.5, 0.6) is 11.5 Å². The number of benzene rings is 2. The predicted molar refractivity (Wildman–Crippen MR) is 91.0 cm³/mol. The molecule has 0 saturated heterocycles. The van der Waals surface area contributed by atoms with Crippen molar-refractivity contribution in [1.82, 2.24) is 0 Å². The van der Waals surface area contributed by atoms with Gasteiger partial charge in [-0.2, -0.15) is 0 Å². The molecule has 1 aliphatic rings. The van der Waals surface area contributed by atoms with Crippen LogP contribution >= 0.6 is 0 Å². The summed E-state index contributed by atoms with van der Waals surface area (Å²) in [6.45, 7) is 5.32. The van der Waals surface area contributed by atoms with Crippen LogP contribution in [0.15, 0.2) is 48.2 Å². The smallest absolute Gasteiger partial charge is 0.313 e. The van der Waals surface area contributed by atoms with Crippen molar-refractivity contribution in [2.75, 3.05) is 0 Å². The van der Waals surface area contributed by atoms with E-state index in [9.17, 15) is 9.59 Å². The maximum absolute atomic E-state index is 12.5. The Labute approximate surface area is 140 Å². The summed E-state index contributed by atoms with van der Waals surface area (Å²) in [5.41, 5.74) is 2.02. The molecule has 0 unspecified atom stereocenters. The number of esters is 1. The Kier molecular flexibility index (Phi) is 4.21. The van der Waals surface area contributed by atoms with Gasteiger partial charge in [0.15, 0.2) is 5.76 Å². The highest BCUT2D eigenvalue weighted by Gasteiger charge is 2.30. The number of carbonyl (C=O) groups excluding carboxylic acids is 2. The highest BCUT2D eigenvalue weighted by Crippen LogP contribution is 2.39. The van der Waals surface area contributed by atoms with Gasteiger partial charge in [-0.25, -0.2) is 0 Å². The molecule has 4 nitrogen and oxygen atoms in total. The molecule has 0 fully saturated rings. The van der Waals surface area contributed by atoms with Crippen LogP contribution in [0.3, 0.4) is 0 Å². The van der Waals surface area contributed by atoms with Crippen LogP contribution in [0.4, 0.5) is 0 Å². The topological polar surface area (TPSA) is 52.6 Å². The minimum Gasteiger partial charge on any atom is -0.452 e. The molecule has 4 heteroatoms. The monoisotopic (exact) mass is 322 g/mol. The average molecular weight is 322 g/mol. The van der Waals surface area contributed by atoms with Gasteiger partial charge in [-0.1, -0.05) is 44.2 Å². The third-order valence-electron chi connectivity index (χ3n) is 3.82. The quantitative estimate of drug-likeness (QED) is 0.483. The number of hydrogen-bond acceptors (Lipinski definition) is 4. The zero-order valence-electron chi connectivity index (χ0n) is 13.8. The van der Waals surface area contributed by atoms with Crippen molar-refractivity contribution in [1.29, 1.82) is 0 Å². The molecule has 0 aromatic heterocycles. The first-order chi connectivity index (χ1) is 11.5. The van der Waals surface area contributed by atoms with Crippen LogP contribution in [0, 0.1) is 12.8 Å². The molecule has 0 amide bonds. The zero-order chi connectivity index (χ0) is 17.3. The fourth-order valence-electron chi connectivity index (χ4n) is 2.41. The molecule has 122 valence electrons. The molecule has 0 spiro atoms. The lowest BCUT2D eigenvalue weighted by atomic mass is 10.1. The van der Waals surface area contributed by atoms with Crippen molar-refractivity contribution in [3.05, 3.63) is 64.9 Å². The van der Waals surface area contributed by atoms with E-state index in [0.717, 1.165) is 5.56 Å². The second kappa shape index (κ2) is 6.32. The number of Topliss-reactive ketones (excluding diaryl/α,β-unsaturated/α-hetero) is 1. The van der Waals surface area contributed by atoms with Crippen LogP contribution in [-0.2, 0) is 4.79 Å². The van der Waals surface area contributed by atoms with Gasteiger partial charge >= 0.3 is 5.97 Å². The molecule has 1 aliphatic heterocycles. The van der Waals surface area contributed by atoms with E-state index in [-0.39, 0.29) is 23.4 Å². The highest BCUT2D eigenvalue weighted by molar-refractivity contribution is 6.15. The standard InChI is InChI=1S/C20H18O4/c1-12(2)20(22)24-16-10-9-15-18(21)17(23-19(15)13(16)3)11-14-7-5-4-6-8-14/h4-12H,1-3H3/b17-11-. The summed E-state index contributed by atoms with van der Waals surface area (Å²) >= 11 is 0. The van der Waals surface area contributed by atoms with Crippen LogP contribution in [0.1, 0.15) is 35.3 Å². The van der Waals surface area contributed by atoms with Crippen LogP contribution < -0.4 is 9.47 Å². The van der Waals surface area contributed by atoms with Gasteiger partial charge in [0.25, 0.3) is 0 Å². The van der Waals surface area contributed by atoms with E-state index in [2.05, 4.69) is 0 Å². The SMILES string of the molecule is Cc1c(OC(=O)C(C)C)ccc2c1O/C(=C\c1ccccc1)C2=O. The molecule has 1 heterocycles. The lowest BCUT2D eigenvalue weighted by molar-refractivity contribution is -0.137. The molecule has 2 aromatic carbocycles. The second-order valence-electron chi connectivity index (χ2n) is 5.99. The Balaban J connectivity index is 1.93. The molecule has 0 radical (unpaired) electrons. The summed E-state index contributed by atoms with van der Waals surface area (Å²) in [6, 6.07) is 12.8. The molecule has 0 aliphatic carbocycles. The molecule has 0 atom stereocenters. The van der Waals surface area contributed by atoms with E-state index in [0.29, 0.717) is 22.6 Å². The molecule has 0 bridgehead atoms. The van der Waals surface area contributed by atoms with Crippen LogP contribution in [-0.4, -0.2) is 11.8 Å². The third-order valence-corrected chi connectivity index (χ3v) is 3.82. The summed E-state index contributed by atoms with van der Waals surface area (Å²) in [7, 11) is 0. The first-order valence-corrected chi connectivity index (χ1v) is 7.82. The first kappa shape index (κ1) is 16.0. The van der Waals surface area contributed by atoms with Gasteiger partial charge < -0.3 is 9.47 Å². The number of hydrogen-bond donors (Lipinski definition) is 0. The van der Waals surface area contributed by atoms with E-state index in [1.807, 2.05) is 30.3 Å². The first-order valence-electron chi connectivity index (χ1n) is 7.82. The Bertz CT molecular complexity index is 832. The zero-order valence-corrected chi connectivity index (χ0v) is 13.8. The van der Waals surface area contributed by atoms with Crippen molar-refractivity contribution in [2.45, 2.75) is 20.8 Å². The van der Waals surface area contributed by atoms with E-state index >= 15 is 0 Å². The van der Waals surface area contributed by atoms with Crippen LogP contribution in [0.25, 0.3) is 6.08 Å². The van der Waals surface area contributed by atoms with Gasteiger partial charge in [0.05, 0.1) is 11.5 Å². The van der Waals surface area contributed by atoms with E-state index in [4.69, 9.17) is 9.47 Å². The molecule has 0 N–H and O–H groups in total. The van der Waals surface area contributed by atoms with Crippen molar-refractivity contribution >= 4 is 17.8 Å². The lowest BCUT2D eigenvalue weighted by Gasteiger charge is -2.11. The number of rotatable bonds is 3. The van der Waals surface area contributed by atoms with Gasteiger partial charge in [0, 0.05) is 5.56 Å². The van der Waals surface area contributed by atoms with Gasteiger partial charge in [0.1, 0.15) is 11.5 Å². The number of ketones is 1. The maximum Gasteiger partial charge on any atom is 0.313 e. The number of carbonyl (C=O) groups is 2. The highest BCUT2D eigenvalue weighted by atomic mass is 16.5. The van der Waals surface area contributed by atoms with E-state index < -0.39 is 0 Å². The summed E-state index contributed by atoms with van der Waals surface area (Å²) < 4.78 is 11.1. The molecular weight excluding hydrogens is 304 g/mol. The Morgan fingerprint density at radius 2 is 1.83 bits per heavy atom. The summed E-state index contributed by atoms with van der Waals surface area (Å²) in [4.78, 5) is 24.3. The Hall–Kier alpha value is -2.88. The molecule has 2 aromatic rings. The molecular formula is C20H18O4.